The van der Waals surface area contributed by atoms with E-state index >= 15 is 0 Å². The third-order valence-electron chi connectivity index (χ3n) is 5.99. The number of nitrogens with zero attached hydrogens (tertiary/aromatic N) is 1. The van der Waals surface area contributed by atoms with E-state index in [1.807, 2.05) is 18.2 Å². The molecule has 30 heavy (non-hydrogen) atoms. The van der Waals surface area contributed by atoms with E-state index in [9.17, 15) is 13.2 Å². The van der Waals surface area contributed by atoms with Crippen LogP contribution < -0.4 is 9.50 Å². The molecular weight excluding hydrogens is 400 g/mol. The Labute approximate surface area is 178 Å². The molecule has 2 aromatic carbocycles. The number of carbonyl (C=O) groups excluding carboxylic acids is 1. The van der Waals surface area contributed by atoms with Gasteiger partial charge in [0.1, 0.15) is 5.75 Å². The summed E-state index contributed by atoms with van der Waals surface area (Å²) in [5, 5.41) is 3.31. The van der Waals surface area contributed by atoms with Crippen molar-refractivity contribution in [2.45, 2.75) is 37.1 Å². The fourth-order valence-electron chi connectivity index (χ4n) is 4.22. The van der Waals surface area contributed by atoms with Crippen LogP contribution in [0.1, 0.15) is 42.9 Å². The van der Waals surface area contributed by atoms with Gasteiger partial charge in [-0.15, -0.1) is 0 Å². The molecule has 4 rings (SSSR count). The molecule has 1 atom stereocenters. The van der Waals surface area contributed by atoms with Crippen molar-refractivity contribution in [2.24, 2.45) is 0 Å². The Morgan fingerprint density at radius 1 is 1.07 bits per heavy atom. The zero-order chi connectivity index (χ0) is 21.2. The van der Waals surface area contributed by atoms with Gasteiger partial charge < -0.3 is 14.4 Å². The van der Waals surface area contributed by atoms with Gasteiger partial charge in [-0.2, -0.15) is 8.42 Å². The molecular formula is C23H28N2O4S. The molecule has 0 spiro atoms. The highest BCUT2D eigenvalue weighted by atomic mass is 32.2. The molecule has 1 N–H and O–H groups in total. The lowest BCUT2D eigenvalue weighted by atomic mass is 9.94. The number of nitrogens with one attached hydrogen (secondary N) is 1. The van der Waals surface area contributed by atoms with Crippen molar-refractivity contribution in [1.82, 2.24) is 10.2 Å². The largest absolute Gasteiger partial charge is 0.383 e. The van der Waals surface area contributed by atoms with Gasteiger partial charge in [0.05, 0.1) is 17.7 Å². The van der Waals surface area contributed by atoms with Crippen LogP contribution in [0.15, 0.2) is 54.6 Å². The van der Waals surface area contributed by atoms with Crippen LogP contribution in [0.3, 0.4) is 0 Å². The van der Waals surface area contributed by atoms with Crippen LogP contribution in [0.5, 0.6) is 5.75 Å². The van der Waals surface area contributed by atoms with E-state index in [-0.39, 0.29) is 17.7 Å². The van der Waals surface area contributed by atoms with E-state index in [1.165, 1.54) is 12.8 Å². The van der Waals surface area contributed by atoms with Crippen molar-refractivity contribution in [1.29, 1.82) is 0 Å². The van der Waals surface area contributed by atoms with E-state index in [4.69, 9.17) is 4.18 Å². The van der Waals surface area contributed by atoms with Crippen LogP contribution in [-0.2, 0) is 20.3 Å². The average molecular weight is 429 g/mol. The van der Waals surface area contributed by atoms with Crippen molar-refractivity contribution in [3.8, 4) is 5.75 Å². The quantitative estimate of drug-likeness (QED) is 0.654. The van der Waals surface area contributed by atoms with Gasteiger partial charge in [0.2, 0.25) is 5.91 Å². The first-order valence-corrected chi connectivity index (χ1v) is 12.3. The maximum atomic E-state index is 13.3. The first kappa shape index (κ1) is 20.9. The van der Waals surface area contributed by atoms with Crippen LogP contribution >= 0.6 is 0 Å². The Kier molecular flexibility index (Phi) is 5.84. The van der Waals surface area contributed by atoms with E-state index in [0.29, 0.717) is 0 Å². The minimum Gasteiger partial charge on any atom is -0.383 e. The van der Waals surface area contributed by atoms with Crippen LogP contribution in [0.2, 0.25) is 0 Å². The predicted molar refractivity (Wildman–Crippen MR) is 116 cm³/mol. The van der Waals surface area contributed by atoms with Crippen LogP contribution in [-0.4, -0.2) is 45.1 Å². The predicted octanol–water partition coefficient (Wildman–Crippen LogP) is 3.01. The van der Waals surface area contributed by atoms with Gasteiger partial charge in [-0.1, -0.05) is 42.5 Å². The lowest BCUT2D eigenvalue weighted by Crippen LogP contribution is -2.41. The fraction of sp³-hybridized carbons (Fsp3) is 0.435. The monoisotopic (exact) mass is 428 g/mol. The smallest absolute Gasteiger partial charge is 0.306 e. The Morgan fingerprint density at radius 2 is 1.70 bits per heavy atom. The molecule has 7 heteroatoms. The third kappa shape index (κ3) is 4.84. The van der Waals surface area contributed by atoms with Gasteiger partial charge in [0.15, 0.2) is 0 Å². The standard InChI is InChI=1S/C23H28N2O4S/c1-30(27,28)29-20-11-9-19(10-12-20)23(13-14-23)22(26)24-21(17-25-15-5-6-16-25)18-7-3-2-4-8-18/h2-4,7-12,21H,5-6,13-17H2,1H3,(H,24,26). The summed E-state index contributed by atoms with van der Waals surface area (Å²) >= 11 is 0. The van der Waals surface area contributed by atoms with Crippen molar-refractivity contribution < 1.29 is 17.4 Å². The van der Waals surface area contributed by atoms with Gasteiger partial charge in [-0.3, -0.25) is 4.79 Å². The number of hydrogen-bond acceptors (Lipinski definition) is 5. The number of benzene rings is 2. The van der Waals surface area contributed by atoms with Crippen LogP contribution in [0.25, 0.3) is 0 Å². The molecule has 1 heterocycles. The highest BCUT2D eigenvalue weighted by Gasteiger charge is 2.51. The van der Waals surface area contributed by atoms with Crippen molar-refractivity contribution in [3.05, 3.63) is 65.7 Å². The summed E-state index contributed by atoms with van der Waals surface area (Å²) in [6.07, 6.45) is 5.01. The normalized spacial score (nSPS) is 19.2. The zero-order valence-electron chi connectivity index (χ0n) is 17.2. The summed E-state index contributed by atoms with van der Waals surface area (Å²) in [7, 11) is -3.57. The summed E-state index contributed by atoms with van der Waals surface area (Å²) in [6, 6.07) is 16.9. The lowest BCUT2D eigenvalue weighted by Gasteiger charge is -2.27. The second kappa shape index (κ2) is 8.40. The number of amides is 1. The molecule has 0 radical (unpaired) electrons. The molecule has 0 bridgehead atoms. The zero-order valence-corrected chi connectivity index (χ0v) is 18.0. The SMILES string of the molecule is CS(=O)(=O)Oc1ccc(C2(C(=O)NC(CN3CCCC3)c3ccccc3)CC2)cc1. The summed E-state index contributed by atoms with van der Waals surface area (Å²) in [6.45, 7) is 2.96. The highest BCUT2D eigenvalue weighted by molar-refractivity contribution is 7.86. The van der Waals surface area contributed by atoms with Crippen LogP contribution in [0, 0.1) is 0 Å². The third-order valence-corrected chi connectivity index (χ3v) is 6.48. The average Bonchev–Trinajstić information content (AvgIpc) is 3.37. The lowest BCUT2D eigenvalue weighted by molar-refractivity contribution is -0.124. The number of rotatable bonds is 8. The molecule has 6 nitrogen and oxygen atoms in total. The number of likely N-dealkylation sites (tertiary alicyclic amines) is 1. The molecule has 0 aromatic heterocycles. The highest BCUT2D eigenvalue weighted by Crippen LogP contribution is 2.49. The van der Waals surface area contributed by atoms with Crippen molar-refractivity contribution >= 4 is 16.0 Å². The molecule has 1 aliphatic carbocycles. The topological polar surface area (TPSA) is 75.7 Å². The summed E-state index contributed by atoms with van der Waals surface area (Å²) in [5.74, 6) is 0.293. The molecule has 1 amide bonds. The fourth-order valence-corrected chi connectivity index (χ4v) is 4.68. The number of hydrogen-bond donors (Lipinski definition) is 1. The Bertz CT molecular complexity index is 980. The molecule has 1 saturated carbocycles. The molecule has 160 valence electrons. The van der Waals surface area contributed by atoms with E-state index in [0.717, 1.165) is 49.9 Å². The maximum Gasteiger partial charge on any atom is 0.306 e. The second-order valence-electron chi connectivity index (χ2n) is 8.34. The molecule has 2 aromatic rings. The van der Waals surface area contributed by atoms with Crippen LogP contribution in [0.4, 0.5) is 0 Å². The van der Waals surface area contributed by atoms with Gasteiger partial charge in [-0.05, 0) is 62.0 Å². The molecule has 1 saturated heterocycles. The Balaban J connectivity index is 1.50. The first-order valence-electron chi connectivity index (χ1n) is 10.4. The van der Waals surface area contributed by atoms with E-state index in [1.54, 1.807) is 24.3 Å². The molecule has 2 fully saturated rings. The number of carbonyl (C=O) groups is 1. The summed E-state index contributed by atoms with van der Waals surface area (Å²) in [4.78, 5) is 15.8. The Hall–Kier alpha value is -2.38. The maximum absolute atomic E-state index is 13.3. The minimum absolute atomic E-state index is 0.0346. The minimum atomic E-state index is -3.57. The molecule has 1 aliphatic heterocycles. The van der Waals surface area contributed by atoms with Gasteiger partial charge in [0.25, 0.3) is 0 Å². The van der Waals surface area contributed by atoms with Gasteiger partial charge in [0, 0.05) is 6.54 Å². The molecule has 1 unspecified atom stereocenters. The van der Waals surface area contributed by atoms with Gasteiger partial charge in [-0.25, -0.2) is 0 Å². The van der Waals surface area contributed by atoms with Gasteiger partial charge >= 0.3 is 10.1 Å². The summed E-state index contributed by atoms with van der Waals surface area (Å²) in [5.41, 5.74) is 1.47. The first-order chi connectivity index (χ1) is 14.4. The van der Waals surface area contributed by atoms with Crippen molar-refractivity contribution in [3.63, 3.8) is 0 Å². The second-order valence-corrected chi connectivity index (χ2v) is 9.91. The van der Waals surface area contributed by atoms with E-state index < -0.39 is 15.5 Å². The Morgan fingerprint density at radius 3 is 2.27 bits per heavy atom. The summed E-state index contributed by atoms with van der Waals surface area (Å²) < 4.78 is 27.5. The molecule has 2 aliphatic rings. The van der Waals surface area contributed by atoms with Crippen molar-refractivity contribution in [2.75, 3.05) is 25.9 Å². The van der Waals surface area contributed by atoms with E-state index in [2.05, 4.69) is 22.3 Å².